The number of hydrogen-bond acceptors (Lipinski definition) is 3. The van der Waals surface area contributed by atoms with E-state index in [0.717, 1.165) is 22.0 Å². The van der Waals surface area contributed by atoms with Crippen LogP contribution in [0.3, 0.4) is 0 Å². The summed E-state index contributed by atoms with van der Waals surface area (Å²) in [6, 6.07) is 21.4. The third-order valence-electron chi connectivity index (χ3n) is 5.73. The molecule has 5 nitrogen and oxygen atoms in total. The Bertz CT molecular complexity index is 1210. The predicted molar refractivity (Wildman–Crippen MR) is 135 cm³/mol. The number of nitrogens with zero attached hydrogens (tertiary/aromatic N) is 1. The zero-order chi connectivity index (χ0) is 22.7. The van der Waals surface area contributed by atoms with E-state index in [1.165, 1.54) is 21.9 Å². The minimum absolute atomic E-state index is 0.151. The first-order valence-electron chi connectivity index (χ1n) is 10.6. The van der Waals surface area contributed by atoms with Crippen molar-refractivity contribution in [3.05, 3.63) is 93.1 Å². The Hall–Kier alpha value is -2.39. The second-order valence-electron chi connectivity index (χ2n) is 7.97. The van der Waals surface area contributed by atoms with E-state index in [2.05, 4.69) is 40.0 Å². The maximum Gasteiger partial charge on any atom is 0.264 e. The number of benzene rings is 3. The van der Waals surface area contributed by atoms with Gasteiger partial charge in [-0.1, -0.05) is 36.4 Å². The van der Waals surface area contributed by atoms with Gasteiger partial charge in [0.15, 0.2) is 0 Å². The summed E-state index contributed by atoms with van der Waals surface area (Å²) >= 11 is 2.17. The standard InChI is InChI=1S/C25H25IN2O3S/c1-18(20-11-10-19-6-5-7-21(19)16-20)27-25(29)17-28(23-14-12-22(26)13-15-23)32(30,31)24-8-3-2-4-9-24/h2-4,8-16,18H,5-7,17H2,1H3,(H,27,29)/t18-/m0/s1. The number of nitrogens with one attached hydrogen (secondary N) is 1. The molecule has 1 atom stereocenters. The summed E-state index contributed by atoms with van der Waals surface area (Å²) in [5.41, 5.74) is 4.21. The number of halogens is 1. The molecule has 3 aromatic rings. The molecule has 32 heavy (non-hydrogen) atoms. The van der Waals surface area contributed by atoms with Gasteiger partial charge in [0.1, 0.15) is 6.54 Å². The summed E-state index contributed by atoms with van der Waals surface area (Å²) in [6.07, 6.45) is 3.35. The van der Waals surface area contributed by atoms with Crippen molar-refractivity contribution in [3.63, 3.8) is 0 Å². The zero-order valence-electron chi connectivity index (χ0n) is 17.8. The number of anilines is 1. The summed E-state index contributed by atoms with van der Waals surface area (Å²) in [5.74, 6) is -0.351. The van der Waals surface area contributed by atoms with E-state index in [1.807, 2.05) is 25.1 Å². The van der Waals surface area contributed by atoms with Crippen LogP contribution in [0.25, 0.3) is 0 Å². The smallest absolute Gasteiger partial charge is 0.264 e. The van der Waals surface area contributed by atoms with E-state index >= 15 is 0 Å². The van der Waals surface area contributed by atoms with E-state index in [-0.39, 0.29) is 23.4 Å². The van der Waals surface area contributed by atoms with Crippen LogP contribution < -0.4 is 9.62 Å². The number of fused-ring (bicyclic) bond motifs is 1. The van der Waals surface area contributed by atoms with Crippen molar-refractivity contribution in [1.29, 1.82) is 0 Å². The minimum atomic E-state index is -3.90. The molecule has 1 amide bonds. The van der Waals surface area contributed by atoms with Crippen molar-refractivity contribution in [1.82, 2.24) is 5.32 Å². The fraction of sp³-hybridized carbons (Fsp3) is 0.240. The molecular formula is C25H25IN2O3S. The normalized spacial score (nSPS) is 13.9. The molecule has 1 N–H and O–H groups in total. The third kappa shape index (κ3) is 4.99. The fourth-order valence-electron chi connectivity index (χ4n) is 4.00. The second kappa shape index (κ2) is 9.62. The number of amides is 1. The van der Waals surface area contributed by atoms with Gasteiger partial charge in [-0.2, -0.15) is 0 Å². The van der Waals surface area contributed by atoms with Crippen LogP contribution in [0, 0.1) is 3.57 Å². The average Bonchev–Trinajstić information content (AvgIpc) is 3.26. The zero-order valence-corrected chi connectivity index (χ0v) is 20.8. The van der Waals surface area contributed by atoms with Crippen molar-refractivity contribution in [2.45, 2.75) is 37.1 Å². The molecule has 166 valence electrons. The first kappa shape index (κ1) is 22.8. The summed E-state index contributed by atoms with van der Waals surface area (Å²) in [5, 5.41) is 2.98. The molecule has 0 spiro atoms. The molecule has 0 saturated carbocycles. The second-order valence-corrected chi connectivity index (χ2v) is 11.1. The first-order chi connectivity index (χ1) is 15.3. The SMILES string of the molecule is C[C@H](NC(=O)CN(c1ccc(I)cc1)S(=O)(=O)c1ccccc1)c1ccc2c(c1)CCC2. The van der Waals surface area contributed by atoms with Crippen LogP contribution in [0.1, 0.15) is 36.1 Å². The molecule has 0 radical (unpaired) electrons. The molecule has 0 aromatic heterocycles. The molecule has 0 saturated heterocycles. The molecule has 0 aliphatic heterocycles. The van der Waals surface area contributed by atoms with Gasteiger partial charge in [-0.05, 0) is 102 Å². The lowest BCUT2D eigenvalue weighted by Crippen LogP contribution is -2.41. The summed E-state index contributed by atoms with van der Waals surface area (Å²) in [7, 11) is -3.90. The Morgan fingerprint density at radius 2 is 1.69 bits per heavy atom. The predicted octanol–water partition coefficient (Wildman–Crippen LogP) is 4.85. The van der Waals surface area contributed by atoms with Crippen LogP contribution in [-0.4, -0.2) is 20.9 Å². The molecule has 1 aliphatic rings. The quantitative estimate of drug-likeness (QED) is 0.421. The van der Waals surface area contributed by atoms with Gasteiger partial charge in [0.05, 0.1) is 16.6 Å². The lowest BCUT2D eigenvalue weighted by atomic mass is 10.0. The molecular weight excluding hydrogens is 535 g/mol. The highest BCUT2D eigenvalue weighted by Crippen LogP contribution is 2.26. The van der Waals surface area contributed by atoms with Gasteiger partial charge in [0, 0.05) is 3.57 Å². The Labute approximate surface area is 203 Å². The first-order valence-corrected chi connectivity index (χ1v) is 13.1. The molecule has 1 aliphatic carbocycles. The molecule has 0 bridgehead atoms. The van der Waals surface area contributed by atoms with Gasteiger partial charge >= 0.3 is 0 Å². The Morgan fingerprint density at radius 1 is 1.00 bits per heavy atom. The van der Waals surface area contributed by atoms with E-state index in [1.54, 1.807) is 42.5 Å². The monoisotopic (exact) mass is 560 g/mol. The van der Waals surface area contributed by atoms with Gasteiger partial charge in [0.2, 0.25) is 5.91 Å². The van der Waals surface area contributed by atoms with Crippen LogP contribution in [0.2, 0.25) is 0 Å². The van der Waals surface area contributed by atoms with Crippen LogP contribution in [0.15, 0.2) is 77.7 Å². The molecule has 0 fully saturated rings. The van der Waals surface area contributed by atoms with Gasteiger partial charge in [-0.25, -0.2) is 8.42 Å². The number of sulfonamides is 1. The number of rotatable bonds is 7. The maximum atomic E-state index is 13.4. The van der Waals surface area contributed by atoms with Gasteiger partial charge in [0.25, 0.3) is 10.0 Å². The van der Waals surface area contributed by atoms with Gasteiger partial charge < -0.3 is 5.32 Å². The van der Waals surface area contributed by atoms with Crippen molar-refractivity contribution < 1.29 is 13.2 Å². The maximum absolute atomic E-state index is 13.4. The van der Waals surface area contributed by atoms with E-state index in [4.69, 9.17) is 0 Å². The minimum Gasteiger partial charge on any atom is -0.348 e. The van der Waals surface area contributed by atoms with Gasteiger partial charge in [-0.3, -0.25) is 9.10 Å². The van der Waals surface area contributed by atoms with Crippen LogP contribution in [-0.2, 0) is 27.7 Å². The van der Waals surface area contributed by atoms with Crippen molar-refractivity contribution in [3.8, 4) is 0 Å². The van der Waals surface area contributed by atoms with E-state index in [0.29, 0.717) is 5.69 Å². The van der Waals surface area contributed by atoms with E-state index in [9.17, 15) is 13.2 Å². The lowest BCUT2D eigenvalue weighted by Gasteiger charge is -2.25. The number of aryl methyl sites for hydroxylation is 2. The fourth-order valence-corrected chi connectivity index (χ4v) is 5.81. The van der Waals surface area contributed by atoms with Crippen LogP contribution in [0.5, 0.6) is 0 Å². The number of carbonyl (C=O) groups excluding carboxylic acids is 1. The summed E-state index contributed by atoms with van der Waals surface area (Å²) in [4.78, 5) is 13.1. The largest absolute Gasteiger partial charge is 0.348 e. The third-order valence-corrected chi connectivity index (χ3v) is 8.24. The number of hydrogen-bond donors (Lipinski definition) is 1. The lowest BCUT2D eigenvalue weighted by molar-refractivity contribution is -0.120. The number of carbonyl (C=O) groups is 1. The molecule has 0 heterocycles. The highest BCUT2D eigenvalue weighted by Gasteiger charge is 2.27. The van der Waals surface area contributed by atoms with Crippen molar-refractivity contribution >= 4 is 44.2 Å². The summed E-state index contributed by atoms with van der Waals surface area (Å²) < 4.78 is 28.9. The highest BCUT2D eigenvalue weighted by atomic mass is 127. The Morgan fingerprint density at radius 3 is 2.41 bits per heavy atom. The molecule has 7 heteroatoms. The highest BCUT2D eigenvalue weighted by molar-refractivity contribution is 14.1. The van der Waals surface area contributed by atoms with Crippen LogP contribution >= 0.6 is 22.6 Å². The summed E-state index contributed by atoms with van der Waals surface area (Å²) in [6.45, 7) is 1.63. The molecule has 0 unspecified atom stereocenters. The van der Waals surface area contributed by atoms with Gasteiger partial charge in [-0.15, -0.1) is 0 Å². The molecule has 4 rings (SSSR count). The topological polar surface area (TPSA) is 66.5 Å². The average molecular weight is 560 g/mol. The van der Waals surface area contributed by atoms with Crippen LogP contribution in [0.4, 0.5) is 5.69 Å². The Kier molecular flexibility index (Phi) is 6.85. The molecule has 3 aromatic carbocycles. The van der Waals surface area contributed by atoms with Crippen molar-refractivity contribution in [2.24, 2.45) is 0 Å². The Balaban J connectivity index is 1.56. The van der Waals surface area contributed by atoms with Crippen molar-refractivity contribution in [2.75, 3.05) is 10.8 Å². The van der Waals surface area contributed by atoms with E-state index < -0.39 is 10.0 Å².